The molecule has 9 nitrogen and oxygen atoms in total. The minimum Gasteiger partial charge on any atom is -0.462 e. The largest absolute Gasteiger partial charge is 0.472 e. The molecule has 0 heterocycles. The van der Waals surface area contributed by atoms with Crippen molar-refractivity contribution in [1.82, 2.24) is 0 Å². The lowest BCUT2D eigenvalue weighted by molar-refractivity contribution is -0.870. The molecule has 0 saturated heterocycles. The van der Waals surface area contributed by atoms with Crippen molar-refractivity contribution < 1.29 is 42.1 Å². The van der Waals surface area contributed by atoms with Gasteiger partial charge in [-0.05, 0) is 109 Å². The standard InChI is InChI=1S/C90H160NO8P/c1-6-8-10-12-14-16-18-20-22-24-26-28-30-32-34-36-38-40-42-44-45-47-48-50-52-54-56-58-60-62-64-66-68-70-72-74-76-78-80-82-89(92)96-86-88(87-98-100(94,95)97-85-84-91(3,4)5)99-90(93)83-81-79-77-75-73-71-69-67-65-63-61-59-57-55-53-51-49-46-43-41-39-37-35-33-31-29-27-25-23-21-19-17-15-13-11-9-7-2/h9,11,15,17-18,20-21,23-24,26-27,29-30,32-33,35,39,41,46,49,88H,6-8,10,12-14,16,19,22,25,28,31,34,36-38,40,42-45,47-48,50-87H2,1-5H3/p+1/b11-9-,17-15-,20-18-,23-21-,26-24-,29-27-,32-30-,35-33-,41-39-,49-46-. The van der Waals surface area contributed by atoms with Gasteiger partial charge in [-0.2, -0.15) is 0 Å². The normalized spacial score (nSPS) is 13.6. The van der Waals surface area contributed by atoms with Crippen LogP contribution in [0.1, 0.15) is 386 Å². The highest BCUT2D eigenvalue weighted by molar-refractivity contribution is 7.47. The lowest BCUT2D eigenvalue weighted by Crippen LogP contribution is -2.37. The zero-order valence-corrected chi connectivity index (χ0v) is 67.1. The molecule has 0 aliphatic heterocycles. The van der Waals surface area contributed by atoms with E-state index in [1.807, 2.05) is 21.1 Å². The Morgan fingerprint density at radius 3 is 0.850 bits per heavy atom. The maximum absolute atomic E-state index is 12.9. The number of hydrogen-bond acceptors (Lipinski definition) is 7. The molecule has 2 unspecified atom stereocenters. The molecule has 2 atom stereocenters. The second-order valence-electron chi connectivity index (χ2n) is 29.5. The number of likely N-dealkylation sites (N-methyl/N-ethyl adjacent to an activating group) is 1. The number of carbonyl (C=O) groups excluding carboxylic acids is 2. The Morgan fingerprint density at radius 1 is 0.320 bits per heavy atom. The van der Waals surface area contributed by atoms with E-state index in [4.69, 9.17) is 18.5 Å². The topological polar surface area (TPSA) is 108 Å². The van der Waals surface area contributed by atoms with Crippen LogP contribution in [-0.4, -0.2) is 74.9 Å². The van der Waals surface area contributed by atoms with Gasteiger partial charge in [0.15, 0.2) is 6.10 Å². The Hall–Kier alpha value is -3.59. The highest BCUT2D eigenvalue weighted by Crippen LogP contribution is 2.43. The average Bonchev–Trinajstić information content (AvgIpc) is 1.02. The van der Waals surface area contributed by atoms with Gasteiger partial charge in [-0.3, -0.25) is 18.6 Å². The molecule has 0 spiro atoms. The molecule has 0 rings (SSSR count). The second kappa shape index (κ2) is 79.5. The molecule has 0 radical (unpaired) electrons. The van der Waals surface area contributed by atoms with E-state index in [9.17, 15) is 19.0 Å². The van der Waals surface area contributed by atoms with Crippen molar-refractivity contribution >= 4 is 19.8 Å². The predicted octanol–water partition coefficient (Wildman–Crippen LogP) is 28.5. The van der Waals surface area contributed by atoms with E-state index in [0.29, 0.717) is 17.4 Å². The van der Waals surface area contributed by atoms with E-state index in [-0.39, 0.29) is 32.0 Å². The number of phosphoric acid groups is 1. The molecule has 0 aliphatic carbocycles. The smallest absolute Gasteiger partial charge is 0.462 e. The van der Waals surface area contributed by atoms with Crippen molar-refractivity contribution in [2.45, 2.75) is 392 Å². The highest BCUT2D eigenvalue weighted by atomic mass is 31.2. The van der Waals surface area contributed by atoms with E-state index in [2.05, 4.69) is 135 Å². The summed E-state index contributed by atoms with van der Waals surface area (Å²) in [5, 5.41) is 0. The van der Waals surface area contributed by atoms with E-state index in [1.54, 1.807) is 0 Å². The van der Waals surface area contributed by atoms with Crippen molar-refractivity contribution in [3.8, 4) is 0 Å². The number of quaternary nitrogens is 1. The first-order valence-electron chi connectivity index (χ1n) is 42.3. The molecular weight excluding hydrogens is 1250 g/mol. The van der Waals surface area contributed by atoms with Crippen LogP contribution in [0.5, 0.6) is 0 Å². The minimum absolute atomic E-state index is 0.0300. The van der Waals surface area contributed by atoms with Crippen LogP contribution >= 0.6 is 7.82 Å². The Bertz CT molecular complexity index is 2110. The third kappa shape index (κ3) is 83.4. The molecule has 0 aromatic rings. The van der Waals surface area contributed by atoms with Gasteiger partial charge < -0.3 is 18.9 Å². The van der Waals surface area contributed by atoms with Gasteiger partial charge >= 0.3 is 19.8 Å². The third-order valence-corrected chi connectivity index (χ3v) is 19.5. The number of unbranched alkanes of at least 4 members (excludes halogenated alkanes) is 44. The van der Waals surface area contributed by atoms with Crippen molar-refractivity contribution in [1.29, 1.82) is 0 Å². The first-order chi connectivity index (χ1) is 49.0. The summed E-state index contributed by atoms with van der Waals surface area (Å²) in [5.41, 5.74) is 0. The lowest BCUT2D eigenvalue weighted by Gasteiger charge is -2.24. The number of nitrogens with zero attached hydrogens (tertiary/aromatic N) is 1. The number of ether oxygens (including phenoxy) is 2. The molecule has 0 aromatic carbocycles. The average molecular weight is 1420 g/mol. The minimum atomic E-state index is -4.40. The summed E-state index contributed by atoms with van der Waals surface area (Å²) in [6, 6.07) is 0. The quantitative estimate of drug-likeness (QED) is 0.0211. The number of rotatable bonds is 78. The molecule has 578 valence electrons. The number of esters is 2. The van der Waals surface area contributed by atoms with Gasteiger partial charge in [0, 0.05) is 12.8 Å². The van der Waals surface area contributed by atoms with Gasteiger partial charge in [-0.1, -0.05) is 386 Å². The van der Waals surface area contributed by atoms with Crippen molar-refractivity contribution in [2.75, 3.05) is 47.5 Å². The summed E-state index contributed by atoms with van der Waals surface area (Å²) in [7, 11) is 1.49. The molecular formula is C90H161NO8P+. The first-order valence-corrected chi connectivity index (χ1v) is 43.8. The van der Waals surface area contributed by atoms with Crippen molar-refractivity contribution in [3.05, 3.63) is 122 Å². The Balaban J connectivity index is 3.93. The van der Waals surface area contributed by atoms with E-state index in [1.165, 1.54) is 257 Å². The molecule has 0 saturated carbocycles. The molecule has 0 aromatic heterocycles. The van der Waals surface area contributed by atoms with Gasteiger partial charge in [0.2, 0.25) is 0 Å². The van der Waals surface area contributed by atoms with E-state index < -0.39 is 26.5 Å². The molecule has 0 aliphatic rings. The maximum Gasteiger partial charge on any atom is 0.472 e. The fraction of sp³-hybridized carbons (Fsp3) is 0.756. The summed E-state index contributed by atoms with van der Waals surface area (Å²) in [6.45, 7) is 4.35. The van der Waals surface area contributed by atoms with Crippen LogP contribution < -0.4 is 0 Å². The van der Waals surface area contributed by atoms with E-state index >= 15 is 0 Å². The maximum atomic E-state index is 12.9. The number of carbonyl (C=O) groups is 2. The molecule has 100 heavy (non-hydrogen) atoms. The summed E-state index contributed by atoms with van der Waals surface area (Å²) in [5.74, 6) is -0.784. The van der Waals surface area contributed by atoms with Crippen molar-refractivity contribution in [2.24, 2.45) is 0 Å². The van der Waals surface area contributed by atoms with Crippen LogP contribution in [0.25, 0.3) is 0 Å². The lowest BCUT2D eigenvalue weighted by atomic mass is 10.0. The fourth-order valence-electron chi connectivity index (χ4n) is 12.1. The Morgan fingerprint density at radius 2 is 0.570 bits per heavy atom. The van der Waals surface area contributed by atoms with Crippen LogP contribution in [0, 0.1) is 0 Å². The van der Waals surface area contributed by atoms with Crippen molar-refractivity contribution in [3.63, 3.8) is 0 Å². The zero-order chi connectivity index (χ0) is 72.5. The van der Waals surface area contributed by atoms with E-state index in [0.717, 1.165) is 96.3 Å². The third-order valence-electron chi connectivity index (χ3n) is 18.5. The Kier molecular flexibility index (Phi) is 76.7. The van der Waals surface area contributed by atoms with Crippen LogP contribution in [0.15, 0.2) is 122 Å². The Labute approximate surface area is 619 Å². The number of allylic oxidation sites excluding steroid dienone is 20. The van der Waals surface area contributed by atoms with Crippen LogP contribution in [-0.2, 0) is 32.7 Å². The monoisotopic (exact) mass is 1420 g/mol. The van der Waals surface area contributed by atoms with Crippen LogP contribution in [0.2, 0.25) is 0 Å². The van der Waals surface area contributed by atoms with Crippen LogP contribution in [0.3, 0.4) is 0 Å². The summed E-state index contributed by atoms with van der Waals surface area (Å²) >= 11 is 0. The number of hydrogen-bond donors (Lipinski definition) is 1. The molecule has 0 amide bonds. The summed E-state index contributed by atoms with van der Waals surface area (Å²) in [4.78, 5) is 36.0. The fourth-order valence-corrected chi connectivity index (χ4v) is 12.8. The van der Waals surface area contributed by atoms with Gasteiger partial charge in [0.25, 0.3) is 0 Å². The molecule has 0 fully saturated rings. The molecule has 0 bridgehead atoms. The SMILES string of the molecule is CC/C=C\C/C=C\C/C=C\C/C=C\C/C=C\C/C=C\C/C=C\CCCCCCCCCCCCCCCCCC(=O)OC(COC(=O)CCCCCCCCCCCCCCCCCCCCCCCCCC/C=C\C/C=C\C/C=C\CCCCCCC)COP(=O)(O)OCC[N+](C)(C)C. The molecule has 1 N–H and O–H groups in total. The zero-order valence-electron chi connectivity index (χ0n) is 66.2. The van der Waals surface area contributed by atoms with Gasteiger partial charge in [0.1, 0.15) is 19.8 Å². The van der Waals surface area contributed by atoms with Crippen LogP contribution in [0.4, 0.5) is 0 Å². The molecule has 10 heteroatoms. The second-order valence-corrected chi connectivity index (χ2v) is 30.9. The highest BCUT2D eigenvalue weighted by Gasteiger charge is 2.27. The number of phosphoric ester groups is 1. The summed E-state index contributed by atoms with van der Waals surface area (Å²) < 4.78 is 34.9. The predicted molar refractivity (Wildman–Crippen MR) is 436 cm³/mol. The van der Waals surface area contributed by atoms with Gasteiger partial charge in [-0.25, -0.2) is 4.57 Å². The summed E-state index contributed by atoms with van der Waals surface area (Å²) in [6.07, 6.45) is 115. The van der Waals surface area contributed by atoms with Gasteiger partial charge in [-0.15, -0.1) is 0 Å². The first kappa shape index (κ1) is 96.4. The van der Waals surface area contributed by atoms with Gasteiger partial charge in [0.05, 0.1) is 27.7 Å².